The molecule has 0 saturated heterocycles. The summed E-state index contributed by atoms with van der Waals surface area (Å²) in [5, 5.41) is 41.8. The van der Waals surface area contributed by atoms with Crippen molar-refractivity contribution >= 4 is 162 Å². The van der Waals surface area contributed by atoms with E-state index in [1.54, 1.807) is 0 Å². The summed E-state index contributed by atoms with van der Waals surface area (Å²) in [6, 6.07) is 85.1. The number of hydrogen-bond donors (Lipinski definition) is 0. The third-order valence-electron chi connectivity index (χ3n) is 26.4. The van der Waals surface area contributed by atoms with Gasteiger partial charge in [0.15, 0.2) is 0 Å². The highest BCUT2D eigenvalue weighted by Crippen LogP contribution is 2.66. The van der Waals surface area contributed by atoms with E-state index in [1.807, 2.05) is 0 Å². The van der Waals surface area contributed by atoms with E-state index in [2.05, 4.69) is 289 Å². The Morgan fingerprint density at radius 1 is 0.150 bits per heavy atom. The smallest absolute Gasteiger partial charge is 0.0349 e. The average molecular weight is 1280 g/mol. The van der Waals surface area contributed by atoms with Crippen molar-refractivity contribution in [1.82, 2.24) is 0 Å². The van der Waals surface area contributed by atoms with Gasteiger partial charge in [-0.05, 0) is 333 Å². The molecule has 0 saturated carbocycles. The average Bonchev–Trinajstić information content (AvgIpc) is 0.637. The molecule has 20 aromatic carbocycles. The van der Waals surface area contributed by atoms with E-state index >= 15 is 0 Å². The van der Waals surface area contributed by atoms with Crippen molar-refractivity contribution in [3.05, 3.63) is 295 Å². The first-order chi connectivity index (χ1) is 48.2. The molecular weight excluding hydrogens is 1200 g/mol. The molecule has 4 bridgehead atoms. The van der Waals surface area contributed by atoms with E-state index in [1.165, 1.54) is 251 Å². The Morgan fingerprint density at radius 3 is 0.520 bits per heavy atom. The van der Waals surface area contributed by atoms with Crippen LogP contribution < -0.4 is 0 Å². The molecule has 0 fully saturated rings. The molecule has 0 nitrogen and oxygen atoms in total. The van der Waals surface area contributed by atoms with Gasteiger partial charge in [-0.1, -0.05) is 229 Å². The minimum Gasteiger partial charge on any atom is -0.0619 e. The molecular formula is C100H74. The molecule has 0 spiro atoms. The number of fused-ring (bicyclic) bond motifs is 18. The summed E-state index contributed by atoms with van der Waals surface area (Å²) in [5.74, 6) is 0.528. The van der Waals surface area contributed by atoms with Gasteiger partial charge in [-0.15, -0.1) is 0 Å². The molecule has 0 N–H and O–H groups in total. The lowest BCUT2D eigenvalue weighted by molar-refractivity contribution is 0.591. The van der Waals surface area contributed by atoms with Crippen molar-refractivity contribution in [2.75, 3.05) is 0 Å². The van der Waals surface area contributed by atoms with Crippen molar-refractivity contribution in [2.24, 2.45) is 0 Å². The van der Waals surface area contributed by atoms with E-state index in [0.717, 1.165) is 0 Å². The highest BCUT2D eigenvalue weighted by Gasteiger charge is 2.45. The monoisotopic (exact) mass is 1270 g/mol. The standard InChI is InChI=1S/C100H74/c1-97(2,3)47-29-33-59-63(37-47)67-41-68-64-38-48(98(4,5)6)30-34-60(64)85-77-45-73-74(82-57-27-19-17-25-55(57)81(73)56-26-18-20-28-58(56)82)46-78(77)86-62-36-32-50(100(10,11)12)40-66(62)70-42-69-65-39-49(99(7,8)9)31-35-61(65)84-76-44-72-71(79-51-21-13-15-23-53(51)80(72)54-24-16-14-22-52(54)79)43-75(76)83(59)91-87(67)95-88(68)93(85)94(86)90(70)96(95)89(69)92(84)91/h13-46,79-82H,1-12H3. The second-order valence-corrected chi connectivity index (χ2v) is 35.5. The van der Waals surface area contributed by atoms with Gasteiger partial charge in [-0.25, -0.2) is 0 Å². The summed E-state index contributed by atoms with van der Waals surface area (Å²) in [4.78, 5) is 0. The fourth-order valence-electron chi connectivity index (χ4n) is 22.0. The minimum absolute atomic E-state index is 0.0934. The fraction of sp³-hybridized carbons (Fsp3) is 0.200. The van der Waals surface area contributed by atoms with Gasteiger partial charge in [-0.2, -0.15) is 0 Å². The van der Waals surface area contributed by atoms with E-state index in [9.17, 15) is 0 Å². The summed E-state index contributed by atoms with van der Waals surface area (Å²) in [7, 11) is 0. The molecule has 0 amide bonds. The summed E-state index contributed by atoms with van der Waals surface area (Å²) in [6.07, 6.45) is 0. The van der Waals surface area contributed by atoms with Crippen LogP contribution in [0, 0.1) is 0 Å². The van der Waals surface area contributed by atoms with Crippen LogP contribution in [0.25, 0.3) is 162 Å². The van der Waals surface area contributed by atoms with Crippen LogP contribution in [0.4, 0.5) is 0 Å². The Balaban J connectivity index is 1.02. The van der Waals surface area contributed by atoms with Crippen molar-refractivity contribution < 1.29 is 0 Å². The van der Waals surface area contributed by atoms with Crippen LogP contribution in [0.15, 0.2) is 206 Å². The maximum Gasteiger partial charge on any atom is 0.0349 e. The Labute approximate surface area is 581 Å². The van der Waals surface area contributed by atoms with Crippen LogP contribution in [-0.2, 0) is 21.7 Å². The van der Waals surface area contributed by atoms with E-state index in [4.69, 9.17) is 0 Å². The maximum absolute atomic E-state index is 2.75. The lowest BCUT2D eigenvalue weighted by Gasteiger charge is -2.42. The molecule has 0 aromatic heterocycles. The topological polar surface area (TPSA) is 0 Å². The Kier molecular flexibility index (Phi) is 9.66. The Morgan fingerprint density at radius 2 is 0.330 bits per heavy atom. The SMILES string of the molecule is CC(C)(C)c1ccc2c(c1)c1cc3c4cc(C(C)(C)C)ccc4c4c5cc6c(cc5c5c7ccc(C(C)(C)C)cc7c7cc8c9cc(C(C)(C)C)ccc9c9c%10cc%11c(cc%10c2c2c1c1c3c4c5c7c1c8c92)C1c2ccccc2C%11c2ccccc21)C1c2ccccc2C6c2ccccc21. The van der Waals surface area contributed by atoms with Crippen LogP contribution in [0.3, 0.4) is 0 Å². The molecule has 0 atom stereocenters. The first-order valence-corrected chi connectivity index (χ1v) is 36.9. The number of benzene rings is 20. The molecule has 26 rings (SSSR count). The van der Waals surface area contributed by atoms with Crippen molar-refractivity contribution in [3.63, 3.8) is 0 Å². The largest absolute Gasteiger partial charge is 0.0619 e. The van der Waals surface area contributed by atoms with E-state index < -0.39 is 0 Å². The predicted molar refractivity (Wildman–Crippen MR) is 429 cm³/mol. The summed E-state index contributed by atoms with van der Waals surface area (Å²) in [5.41, 5.74) is 22.6. The second-order valence-electron chi connectivity index (χ2n) is 35.5. The molecule has 0 radical (unpaired) electrons. The minimum atomic E-state index is -0.0934. The van der Waals surface area contributed by atoms with Gasteiger partial charge < -0.3 is 0 Å². The quantitative estimate of drug-likeness (QED) is 0.105. The molecule has 6 aliphatic carbocycles. The zero-order chi connectivity index (χ0) is 66.9. The van der Waals surface area contributed by atoms with Gasteiger partial charge in [0, 0.05) is 23.7 Å². The Bertz CT molecular complexity index is 6280. The van der Waals surface area contributed by atoms with E-state index in [0.29, 0.717) is 0 Å². The third kappa shape index (κ3) is 6.35. The third-order valence-corrected chi connectivity index (χ3v) is 26.4. The fourth-order valence-corrected chi connectivity index (χ4v) is 22.0. The molecule has 6 aliphatic rings. The zero-order valence-corrected chi connectivity index (χ0v) is 58.9. The maximum atomic E-state index is 2.75. The molecule has 474 valence electrons. The van der Waals surface area contributed by atoms with Crippen molar-refractivity contribution in [2.45, 2.75) is 128 Å². The molecule has 0 heterocycles. The van der Waals surface area contributed by atoms with Gasteiger partial charge in [0.05, 0.1) is 0 Å². The molecule has 100 heavy (non-hydrogen) atoms. The van der Waals surface area contributed by atoms with Crippen LogP contribution in [0.1, 0.15) is 196 Å². The Hall–Kier alpha value is -10.4. The number of hydrogen-bond acceptors (Lipinski definition) is 0. The second kappa shape index (κ2) is 17.4. The molecule has 0 unspecified atom stereocenters. The van der Waals surface area contributed by atoms with Gasteiger partial charge in [-0.3, -0.25) is 0 Å². The van der Waals surface area contributed by atoms with Gasteiger partial charge in [0.25, 0.3) is 0 Å². The van der Waals surface area contributed by atoms with Gasteiger partial charge in [0.1, 0.15) is 0 Å². The summed E-state index contributed by atoms with van der Waals surface area (Å²) in [6.45, 7) is 28.9. The molecule has 0 aliphatic heterocycles. The van der Waals surface area contributed by atoms with Crippen LogP contribution in [-0.4, -0.2) is 0 Å². The van der Waals surface area contributed by atoms with Crippen molar-refractivity contribution in [3.8, 4) is 0 Å². The van der Waals surface area contributed by atoms with Crippen molar-refractivity contribution in [1.29, 1.82) is 0 Å². The van der Waals surface area contributed by atoms with Crippen LogP contribution >= 0.6 is 0 Å². The highest BCUT2D eigenvalue weighted by molar-refractivity contribution is 6.62. The van der Waals surface area contributed by atoms with Gasteiger partial charge >= 0.3 is 0 Å². The van der Waals surface area contributed by atoms with Crippen LogP contribution in [0.2, 0.25) is 0 Å². The highest BCUT2D eigenvalue weighted by atomic mass is 14.5. The predicted octanol–water partition coefficient (Wildman–Crippen LogP) is 27.3. The van der Waals surface area contributed by atoms with E-state index in [-0.39, 0.29) is 45.3 Å². The van der Waals surface area contributed by atoms with Gasteiger partial charge in [0.2, 0.25) is 0 Å². The zero-order valence-electron chi connectivity index (χ0n) is 58.9. The molecule has 20 aromatic rings. The summed E-state index contributed by atoms with van der Waals surface area (Å²) >= 11 is 0. The first-order valence-electron chi connectivity index (χ1n) is 36.9. The normalized spacial score (nSPS) is 17.6. The molecule has 0 heteroatoms. The first kappa shape index (κ1) is 55.5. The lowest BCUT2D eigenvalue weighted by atomic mass is 9.60. The van der Waals surface area contributed by atoms with Crippen LogP contribution in [0.5, 0.6) is 0 Å². The summed E-state index contributed by atoms with van der Waals surface area (Å²) < 4.78 is 0. The number of rotatable bonds is 0. The lowest BCUT2D eigenvalue weighted by Crippen LogP contribution is -2.27.